The molecule has 0 unspecified atom stereocenters. The third-order valence-electron chi connectivity index (χ3n) is 4.30. The highest BCUT2D eigenvalue weighted by atomic mass is 15.1. The summed E-state index contributed by atoms with van der Waals surface area (Å²) in [5.74, 6) is 0. The van der Waals surface area contributed by atoms with Gasteiger partial charge in [-0.1, -0.05) is 38.8 Å². The molecule has 1 aromatic carbocycles. The third kappa shape index (κ3) is 2.94. The summed E-state index contributed by atoms with van der Waals surface area (Å²) in [7, 11) is 0. The number of azo groups is 1. The molecule has 0 saturated heterocycles. The lowest BCUT2D eigenvalue weighted by Gasteiger charge is -2.16. The predicted molar refractivity (Wildman–Crippen MR) is 90.3 cm³/mol. The number of aromatic nitrogens is 1. The average Bonchev–Trinajstić information content (AvgIpc) is 2.51. The predicted octanol–water partition coefficient (Wildman–Crippen LogP) is 5.50. The summed E-state index contributed by atoms with van der Waals surface area (Å²) in [5.41, 5.74) is 7.43. The number of hydrogen-bond donors (Lipinski definition) is 0. The van der Waals surface area contributed by atoms with Crippen molar-refractivity contribution >= 4 is 11.4 Å². The molecule has 0 radical (unpaired) electrons. The zero-order chi connectivity index (χ0) is 15.4. The Bertz CT molecular complexity index is 630. The first-order valence-corrected chi connectivity index (χ1v) is 8.31. The van der Waals surface area contributed by atoms with Gasteiger partial charge < -0.3 is 0 Å². The fraction of sp³-hybridized carbons (Fsp3) is 0.421. The van der Waals surface area contributed by atoms with Crippen LogP contribution in [0.1, 0.15) is 48.9 Å². The van der Waals surface area contributed by atoms with Gasteiger partial charge in [0, 0.05) is 6.20 Å². The Labute approximate surface area is 132 Å². The molecule has 0 spiro atoms. The number of fused-ring (bicyclic) bond motifs is 2. The summed E-state index contributed by atoms with van der Waals surface area (Å²) in [6, 6.07) is 6.41. The summed E-state index contributed by atoms with van der Waals surface area (Å²) in [5, 5.41) is 9.01. The van der Waals surface area contributed by atoms with E-state index in [2.05, 4.69) is 47.3 Å². The molecule has 3 heteroatoms. The second kappa shape index (κ2) is 6.82. The molecule has 0 atom stereocenters. The van der Waals surface area contributed by atoms with Gasteiger partial charge in [-0.2, -0.15) is 5.11 Å². The Morgan fingerprint density at radius 2 is 1.50 bits per heavy atom. The molecule has 0 bridgehead atoms. The van der Waals surface area contributed by atoms with E-state index in [0.717, 1.165) is 49.9 Å². The number of hydrogen-bond acceptors (Lipinski definition) is 3. The largest absolute Gasteiger partial charge is 0.262 e. The fourth-order valence-electron chi connectivity index (χ4n) is 3.24. The Balaban J connectivity index is 2.04. The number of aryl methyl sites for hydroxylation is 2. The molecule has 1 aromatic heterocycles. The van der Waals surface area contributed by atoms with Crippen LogP contribution in [0.3, 0.4) is 0 Å². The van der Waals surface area contributed by atoms with E-state index < -0.39 is 0 Å². The minimum Gasteiger partial charge on any atom is -0.262 e. The van der Waals surface area contributed by atoms with Crippen LogP contribution in [0.5, 0.6) is 0 Å². The van der Waals surface area contributed by atoms with Gasteiger partial charge >= 0.3 is 0 Å². The van der Waals surface area contributed by atoms with Crippen molar-refractivity contribution in [2.75, 3.05) is 0 Å². The Morgan fingerprint density at radius 3 is 2.27 bits per heavy atom. The van der Waals surface area contributed by atoms with Crippen LogP contribution in [0.15, 0.2) is 40.8 Å². The van der Waals surface area contributed by atoms with E-state index in [1.807, 2.05) is 12.4 Å². The van der Waals surface area contributed by atoms with Gasteiger partial charge in [0.1, 0.15) is 5.69 Å². The average molecular weight is 293 g/mol. The second-order valence-electron chi connectivity index (χ2n) is 5.91. The Kier molecular flexibility index (Phi) is 4.62. The number of nitrogens with zero attached hydrogens (tertiary/aromatic N) is 3. The van der Waals surface area contributed by atoms with Crippen molar-refractivity contribution < 1.29 is 0 Å². The third-order valence-corrected chi connectivity index (χ3v) is 4.30. The first kappa shape index (κ1) is 14.9. The van der Waals surface area contributed by atoms with Crippen molar-refractivity contribution in [1.82, 2.24) is 4.98 Å². The highest BCUT2D eigenvalue weighted by Crippen LogP contribution is 2.33. The van der Waals surface area contributed by atoms with Gasteiger partial charge in [0.05, 0.1) is 11.9 Å². The molecule has 22 heavy (non-hydrogen) atoms. The summed E-state index contributed by atoms with van der Waals surface area (Å²) in [6.45, 7) is 4.43. The SMILES string of the molecule is CCCc1cccc2c1CCc1c(CCC)cncc1N=N2. The van der Waals surface area contributed by atoms with Gasteiger partial charge in [0.25, 0.3) is 0 Å². The van der Waals surface area contributed by atoms with Crippen molar-refractivity contribution in [3.8, 4) is 0 Å². The minimum absolute atomic E-state index is 0.942. The minimum atomic E-state index is 0.942. The number of pyridine rings is 1. The van der Waals surface area contributed by atoms with Crippen molar-refractivity contribution in [2.24, 2.45) is 10.2 Å². The van der Waals surface area contributed by atoms with Crippen molar-refractivity contribution in [3.63, 3.8) is 0 Å². The molecule has 0 aliphatic carbocycles. The highest BCUT2D eigenvalue weighted by Gasteiger charge is 2.15. The van der Waals surface area contributed by atoms with E-state index in [9.17, 15) is 0 Å². The molecule has 0 N–H and O–H groups in total. The normalized spacial score (nSPS) is 13.2. The van der Waals surface area contributed by atoms with Crippen molar-refractivity contribution in [2.45, 2.75) is 52.4 Å². The van der Waals surface area contributed by atoms with E-state index in [0.29, 0.717) is 0 Å². The standard InChI is InChI=1S/C19H23N3/c1-3-6-14-8-5-9-18-16(14)10-11-17-15(7-4-2)12-20-13-19(17)22-21-18/h5,8-9,12-13H,3-4,6-7,10-11H2,1-2H3. The summed E-state index contributed by atoms with van der Waals surface area (Å²) >= 11 is 0. The van der Waals surface area contributed by atoms with Crippen LogP contribution in [0, 0.1) is 0 Å². The van der Waals surface area contributed by atoms with E-state index in [1.165, 1.54) is 22.3 Å². The van der Waals surface area contributed by atoms with E-state index in [4.69, 9.17) is 0 Å². The maximum Gasteiger partial charge on any atom is 0.107 e. The van der Waals surface area contributed by atoms with Crippen LogP contribution >= 0.6 is 0 Å². The first-order chi connectivity index (χ1) is 10.8. The van der Waals surface area contributed by atoms with Crippen LogP contribution in [-0.4, -0.2) is 4.98 Å². The van der Waals surface area contributed by atoms with E-state index in [1.54, 1.807) is 0 Å². The molecule has 0 amide bonds. The molecular formula is C19H23N3. The van der Waals surface area contributed by atoms with E-state index >= 15 is 0 Å². The summed E-state index contributed by atoms with van der Waals surface area (Å²) < 4.78 is 0. The van der Waals surface area contributed by atoms with Crippen LogP contribution in [0.25, 0.3) is 0 Å². The smallest absolute Gasteiger partial charge is 0.107 e. The molecule has 2 heterocycles. The maximum absolute atomic E-state index is 4.52. The molecule has 3 nitrogen and oxygen atoms in total. The van der Waals surface area contributed by atoms with Crippen molar-refractivity contribution in [3.05, 3.63) is 52.8 Å². The quantitative estimate of drug-likeness (QED) is 0.733. The second-order valence-corrected chi connectivity index (χ2v) is 5.91. The molecule has 1 aliphatic rings. The lowest BCUT2D eigenvalue weighted by molar-refractivity contribution is 0.838. The van der Waals surface area contributed by atoms with Crippen LogP contribution in [0.4, 0.5) is 11.4 Å². The molecule has 3 rings (SSSR count). The van der Waals surface area contributed by atoms with Gasteiger partial charge in [0.15, 0.2) is 0 Å². The van der Waals surface area contributed by atoms with E-state index in [-0.39, 0.29) is 0 Å². The summed E-state index contributed by atoms with van der Waals surface area (Å²) in [4.78, 5) is 4.34. The summed E-state index contributed by atoms with van der Waals surface area (Å²) in [6.07, 6.45) is 10.4. The van der Waals surface area contributed by atoms with Crippen LogP contribution in [0.2, 0.25) is 0 Å². The highest BCUT2D eigenvalue weighted by molar-refractivity contribution is 5.55. The van der Waals surface area contributed by atoms with Crippen LogP contribution in [-0.2, 0) is 25.7 Å². The lowest BCUT2D eigenvalue weighted by atomic mass is 9.93. The zero-order valence-electron chi connectivity index (χ0n) is 13.5. The van der Waals surface area contributed by atoms with Gasteiger partial charge in [-0.25, -0.2) is 0 Å². The first-order valence-electron chi connectivity index (χ1n) is 8.31. The Hall–Kier alpha value is -2.03. The lowest BCUT2D eigenvalue weighted by Crippen LogP contribution is -2.03. The van der Waals surface area contributed by atoms with Crippen LogP contribution < -0.4 is 0 Å². The number of rotatable bonds is 4. The topological polar surface area (TPSA) is 37.6 Å². The Morgan fingerprint density at radius 1 is 0.818 bits per heavy atom. The van der Waals surface area contributed by atoms with Gasteiger partial charge in [-0.05, 0) is 54.0 Å². The molecule has 2 aromatic rings. The molecule has 1 aliphatic heterocycles. The zero-order valence-corrected chi connectivity index (χ0v) is 13.5. The van der Waals surface area contributed by atoms with Gasteiger partial charge in [-0.15, -0.1) is 5.11 Å². The molecule has 0 fully saturated rings. The molecule has 0 saturated carbocycles. The maximum atomic E-state index is 4.52. The molecular weight excluding hydrogens is 270 g/mol. The fourth-order valence-corrected chi connectivity index (χ4v) is 3.24. The van der Waals surface area contributed by atoms with Gasteiger partial charge in [0.2, 0.25) is 0 Å². The monoisotopic (exact) mass is 293 g/mol. The van der Waals surface area contributed by atoms with Gasteiger partial charge in [-0.3, -0.25) is 4.98 Å². The van der Waals surface area contributed by atoms with Crippen molar-refractivity contribution in [1.29, 1.82) is 0 Å². The number of benzene rings is 1. The molecule has 114 valence electrons.